The molecule has 7 nitrogen and oxygen atoms in total. The summed E-state index contributed by atoms with van der Waals surface area (Å²) < 4.78 is 14.6. The Kier molecular flexibility index (Phi) is 4.40. The number of urea groups is 1. The largest absolute Gasteiger partial charge is 0.367 e. The maximum Gasteiger partial charge on any atom is 0.320 e. The van der Waals surface area contributed by atoms with Gasteiger partial charge in [0.25, 0.3) is 0 Å². The molecule has 1 aliphatic rings. The Morgan fingerprint density at radius 1 is 1.39 bits per heavy atom. The number of halogens is 1. The molecule has 0 aromatic carbocycles. The molecule has 2 aromatic rings. The van der Waals surface area contributed by atoms with E-state index in [-0.39, 0.29) is 12.1 Å². The standard InChI is InChI=1S/C15H19FN6O/c1-21-10-13(8-18-21)22-6-2-3-12(9-22)19-15(23)20-14-5-4-11(16)7-17-14/h4-5,7-8,10,12H,2-3,6,9H2,1H3,(H2,17,19,20,23)/t12-/m0/s1. The van der Waals surface area contributed by atoms with Gasteiger partial charge in [0.1, 0.15) is 11.6 Å². The lowest BCUT2D eigenvalue weighted by Crippen LogP contribution is -2.49. The topological polar surface area (TPSA) is 75.1 Å². The minimum atomic E-state index is -0.435. The van der Waals surface area contributed by atoms with E-state index in [1.807, 2.05) is 19.4 Å². The number of aryl methyl sites for hydroxylation is 1. The molecule has 2 amide bonds. The van der Waals surface area contributed by atoms with E-state index in [2.05, 4.69) is 25.6 Å². The zero-order chi connectivity index (χ0) is 16.2. The number of anilines is 2. The summed E-state index contributed by atoms with van der Waals surface area (Å²) in [4.78, 5) is 18.0. The number of nitrogens with one attached hydrogen (secondary N) is 2. The fourth-order valence-electron chi connectivity index (χ4n) is 2.69. The van der Waals surface area contributed by atoms with Gasteiger partial charge in [-0.25, -0.2) is 14.2 Å². The second-order valence-electron chi connectivity index (χ2n) is 5.62. The van der Waals surface area contributed by atoms with Crippen molar-refractivity contribution in [2.75, 3.05) is 23.3 Å². The predicted octanol–water partition coefficient (Wildman–Crippen LogP) is 1.74. The molecular formula is C15H19FN6O. The van der Waals surface area contributed by atoms with Crippen LogP contribution in [0.25, 0.3) is 0 Å². The molecule has 0 unspecified atom stereocenters. The van der Waals surface area contributed by atoms with E-state index in [1.165, 1.54) is 12.1 Å². The fraction of sp³-hybridized carbons (Fsp3) is 0.400. The summed E-state index contributed by atoms with van der Waals surface area (Å²) >= 11 is 0. The molecular weight excluding hydrogens is 299 g/mol. The van der Waals surface area contributed by atoms with Crippen LogP contribution < -0.4 is 15.5 Å². The molecule has 1 saturated heterocycles. The highest BCUT2D eigenvalue weighted by Gasteiger charge is 2.22. The van der Waals surface area contributed by atoms with E-state index in [0.29, 0.717) is 5.82 Å². The quantitative estimate of drug-likeness (QED) is 0.904. The van der Waals surface area contributed by atoms with Crippen LogP contribution in [0, 0.1) is 5.82 Å². The molecule has 1 fully saturated rings. The van der Waals surface area contributed by atoms with Crippen LogP contribution in [-0.2, 0) is 7.05 Å². The number of nitrogens with zero attached hydrogens (tertiary/aromatic N) is 4. The zero-order valence-electron chi connectivity index (χ0n) is 12.9. The third kappa shape index (κ3) is 3.97. The summed E-state index contributed by atoms with van der Waals surface area (Å²) in [5, 5.41) is 9.73. The lowest BCUT2D eigenvalue weighted by molar-refractivity contribution is 0.246. The fourth-order valence-corrected chi connectivity index (χ4v) is 2.69. The summed E-state index contributed by atoms with van der Waals surface area (Å²) in [6, 6.07) is 2.40. The Labute approximate surface area is 133 Å². The van der Waals surface area contributed by atoms with Crippen LogP contribution in [-0.4, -0.2) is 39.9 Å². The Hall–Kier alpha value is -2.64. The van der Waals surface area contributed by atoms with Crippen LogP contribution in [0.3, 0.4) is 0 Å². The minimum absolute atomic E-state index is 0.0457. The monoisotopic (exact) mass is 318 g/mol. The SMILES string of the molecule is Cn1cc(N2CCC[C@H](NC(=O)Nc3ccc(F)cn3)C2)cn1. The highest BCUT2D eigenvalue weighted by molar-refractivity contribution is 5.88. The van der Waals surface area contributed by atoms with Crippen LogP contribution in [0.15, 0.2) is 30.7 Å². The molecule has 23 heavy (non-hydrogen) atoms. The highest BCUT2D eigenvalue weighted by Crippen LogP contribution is 2.19. The minimum Gasteiger partial charge on any atom is -0.367 e. The first-order valence-electron chi connectivity index (χ1n) is 7.53. The molecule has 1 atom stereocenters. The first-order valence-corrected chi connectivity index (χ1v) is 7.53. The number of piperidine rings is 1. The van der Waals surface area contributed by atoms with Gasteiger partial charge in [-0.05, 0) is 25.0 Å². The van der Waals surface area contributed by atoms with Crippen molar-refractivity contribution in [3.63, 3.8) is 0 Å². The second kappa shape index (κ2) is 6.64. The predicted molar refractivity (Wildman–Crippen MR) is 84.8 cm³/mol. The Bertz CT molecular complexity index is 671. The molecule has 2 aromatic heterocycles. The molecule has 0 aliphatic carbocycles. The average Bonchev–Trinajstić information content (AvgIpc) is 2.96. The summed E-state index contributed by atoms with van der Waals surface area (Å²) in [6.45, 7) is 1.68. The van der Waals surface area contributed by atoms with Gasteiger partial charge >= 0.3 is 6.03 Å². The molecule has 8 heteroatoms. The Morgan fingerprint density at radius 2 is 2.26 bits per heavy atom. The molecule has 122 valence electrons. The number of aromatic nitrogens is 3. The van der Waals surface area contributed by atoms with Crippen LogP contribution in [0.1, 0.15) is 12.8 Å². The third-order valence-corrected chi connectivity index (χ3v) is 3.78. The van der Waals surface area contributed by atoms with Gasteiger partial charge in [0.05, 0.1) is 18.1 Å². The summed E-state index contributed by atoms with van der Waals surface area (Å²) in [6.07, 6.45) is 6.77. The van der Waals surface area contributed by atoms with Crippen molar-refractivity contribution in [3.05, 3.63) is 36.5 Å². The van der Waals surface area contributed by atoms with Crippen molar-refractivity contribution in [2.24, 2.45) is 7.05 Å². The van der Waals surface area contributed by atoms with E-state index in [4.69, 9.17) is 0 Å². The van der Waals surface area contributed by atoms with Gasteiger partial charge < -0.3 is 10.2 Å². The Morgan fingerprint density at radius 3 is 2.96 bits per heavy atom. The number of hydrogen-bond acceptors (Lipinski definition) is 4. The van der Waals surface area contributed by atoms with Gasteiger partial charge in [0.15, 0.2) is 0 Å². The van der Waals surface area contributed by atoms with E-state index in [0.717, 1.165) is 37.8 Å². The molecule has 0 saturated carbocycles. The van der Waals surface area contributed by atoms with Crippen molar-refractivity contribution >= 4 is 17.5 Å². The molecule has 1 aliphatic heterocycles. The third-order valence-electron chi connectivity index (χ3n) is 3.78. The van der Waals surface area contributed by atoms with E-state index >= 15 is 0 Å². The van der Waals surface area contributed by atoms with E-state index in [9.17, 15) is 9.18 Å². The van der Waals surface area contributed by atoms with Crippen molar-refractivity contribution in [1.29, 1.82) is 0 Å². The lowest BCUT2D eigenvalue weighted by Gasteiger charge is -2.33. The van der Waals surface area contributed by atoms with Crippen molar-refractivity contribution < 1.29 is 9.18 Å². The van der Waals surface area contributed by atoms with Gasteiger partial charge in [-0.1, -0.05) is 0 Å². The molecule has 2 N–H and O–H groups in total. The maximum absolute atomic E-state index is 12.8. The summed E-state index contributed by atoms with van der Waals surface area (Å²) in [5.74, 6) is -0.112. The first-order chi connectivity index (χ1) is 11.1. The summed E-state index contributed by atoms with van der Waals surface area (Å²) in [5.41, 5.74) is 1.06. The van der Waals surface area contributed by atoms with Gasteiger partial charge in [-0.15, -0.1) is 0 Å². The number of hydrogen-bond donors (Lipinski definition) is 2. The van der Waals surface area contributed by atoms with Crippen LogP contribution >= 0.6 is 0 Å². The van der Waals surface area contributed by atoms with Gasteiger partial charge in [-0.3, -0.25) is 10.00 Å². The van der Waals surface area contributed by atoms with Gasteiger partial charge in [0, 0.05) is 32.4 Å². The number of carbonyl (C=O) groups is 1. The lowest BCUT2D eigenvalue weighted by atomic mass is 10.1. The molecule has 0 spiro atoms. The van der Waals surface area contributed by atoms with Crippen LogP contribution in [0.5, 0.6) is 0 Å². The molecule has 3 heterocycles. The summed E-state index contributed by atoms with van der Waals surface area (Å²) in [7, 11) is 1.88. The van der Waals surface area contributed by atoms with Crippen molar-refractivity contribution in [2.45, 2.75) is 18.9 Å². The Balaban J connectivity index is 1.54. The number of rotatable bonds is 3. The van der Waals surface area contributed by atoms with Gasteiger partial charge in [0.2, 0.25) is 0 Å². The second-order valence-corrected chi connectivity index (χ2v) is 5.62. The van der Waals surface area contributed by atoms with Crippen molar-refractivity contribution in [1.82, 2.24) is 20.1 Å². The smallest absolute Gasteiger partial charge is 0.320 e. The average molecular weight is 318 g/mol. The van der Waals surface area contributed by atoms with E-state index < -0.39 is 5.82 Å². The number of carbonyl (C=O) groups excluding carboxylic acids is 1. The zero-order valence-corrected chi connectivity index (χ0v) is 12.9. The van der Waals surface area contributed by atoms with Crippen LogP contribution in [0.4, 0.5) is 20.7 Å². The van der Waals surface area contributed by atoms with E-state index in [1.54, 1.807) is 4.68 Å². The highest BCUT2D eigenvalue weighted by atomic mass is 19.1. The first kappa shape index (κ1) is 15.3. The molecule has 0 bridgehead atoms. The normalized spacial score (nSPS) is 17.8. The van der Waals surface area contributed by atoms with Gasteiger partial charge in [-0.2, -0.15) is 5.10 Å². The maximum atomic E-state index is 12.8. The van der Waals surface area contributed by atoms with Crippen LogP contribution in [0.2, 0.25) is 0 Å². The van der Waals surface area contributed by atoms with Crippen molar-refractivity contribution in [3.8, 4) is 0 Å². The molecule has 3 rings (SSSR count). The number of pyridine rings is 1. The molecule has 0 radical (unpaired) electrons. The number of amides is 2.